The summed E-state index contributed by atoms with van der Waals surface area (Å²) in [4.78, 5) is 0. The van der Waals surface area contributed by atoms with Gasteiger partial charge >= 0.3 is 0 Å². The highest BCUT2D eigenvalue weighted by Gasteiger charge is 2.31. The van der Waals surface area contributed by atoms with E-state index in [0.29, 0.717) is 30.5 Å². The molecule has 0 saturated carbocycles. The first-order valence-corrected chi connectivity index (χ1v) is 8.16. The molecule has 1 aliphatic rings. The van der Waals surface area contributed by atoms with Gasteiger partial charge in [0.1, 0.15) is 4.21 Å². The minimum Gasteiger partial charge on any atom is -0.374 e. The summed E-state index contributed by atoms with van der Waals surface area (Å²) in [5, 5.41) is 0. The average molecular weight is 378 g/mol. The molecule has 9 heteroatoms. The van der Waals surface area contributed by atoms with Crippen molar-refractivity contribution in [3.05, 3.63) is 15.9 Å². The molecule has 1 atom stereocenters. The number of ether oxygens (including phenoxy) is 1. The number of sulfonamides is 1. The van der Waals surface area contributed by atoms with Gasteiger partial charge in [-0.15, -0.1) is 23.7 Å². The fraction of sp³-hybridized carbons (Fsp3) is 0.556. The maximum absolute atomic E-state index is 12.3. The first-order chi connectivity index (χ1) is 8.04. The molecule has 1 aliphatic heterocycles. The van der Waals surface area contributed by atoms with E-state index in [1.807, 2.05) is 0 Å². The highest BCUT2D eigenvalue weighted by molar-refractivity contribution is 9.11. The van der Waals surface area contributed by atoms with Crippen LogP contribution >= 0.6 is 39.7 Å². The van der Waals surface area contributed by atoms with E-state index in [1.165, 1.54) is 15.6 Å². The quantitative estimate of drug-likeness (QED) is 0.861. The van der Waals surface area contributed by atoms with Gasteiger partial charge in [0.25, 0.3) is 10.0 Å². The molecule has 0 bridgehead atoms. The lowest BCUT2D eigenvalue weighted by molar-refractivity contribution is 0.00456. The summed E-state index contributed by atoms with van der Waals surface area (Å²) < 4.78 is 32.5. The number of hydrogen-bond donors (Lipinski definition) is 1. The van der Waals surface area contributed by atoms with Crippen LogP contribution in [0.1, 0.15) is 0 Å². The normalized spacial score (nSPS) is 21.6. The number of halogens is 2. The van der Waals surface area contributed by atoms with Gasteiger partial charge < -0.3 is 10.5 Å². The van der Waals surface area contributed by atoms with Gasteiger partial charge in [-0.05, 0) is 28.1 Å². The lowest BCUT2D eigenvalue weighted by Gasteiger charge is -2.31. The van der Waals surface area contributed by atoms with Crippen LogP contribution in [0.5, 0.6) is 0 Å². The van der Waals surface area contributed by atoms with E-state index in [1.54, 1.807) is 12.1 Å². The van der Waals surface area contributed by atoms with Crippen LogP contribution in [-0.2, 0) is 14.8 Å². The lowest BCUT2D eigenvalue weighted by atomic mass is 10.3. The number of rotatable bonds is 3. The Kier molecular flexibility index (Phi) is 6.04. The molecule has 1 unspecified atom stereocenters. The Hall–Kier alpha value is 0.300. The van der Waals surface area contributed by atoms with Crippen LogP contribution in [0.4, 0.5) is 0 Å². The third-order valence-corrected chi connectivity index (χ3v) is 6.46. The van der Waals surface area contributed by atoms with Crippen molar-refractivity contribution >= 4 is 49.7 Å². The fourth-order valence-electron chi connectivity index (χ4n) is 1.62. The van der Waals surface area contributed by atoms with Gasteiger partial charge in [0.15, 0.2) is 0 Å². The second-order valence-electron chi connectivity index (χ2n) is 3.65. The minimum atomic E-state index is -3.40. The van der Waals surface area contributed by atoms with Gasteiger partial charge in [0, 0.05) is 19.6 Å². The molecule has 5 nitrogen and oxygen atoms in total. The molecule has 1 fully saturated rings. The SMILES string of the molecule is Cl.NCC1CN(S(=O)(=O)c2ccc(Br)s2)CCO1. The third kappa shape index (κ3) is 3.44. The predicted molar refractivity (Wildman–Crippen MR) is 76.8 cm³/mol. The fourth-order valence-corrected chi connectivity index (χ4v) is 5.24. The Labute approximate surface area is 125 Å². The van der Waals surface area contributed by atoms with Crippen molar-refractivity contribution in [2.45, 2.75) is 10.3 Å². The van der Waals surface area contributed by atoms with Crippen LogP contribution in [0.25, 0.3) is 0 Å². The monoisotopic (exact) mass is 376 g/mol. The third-order valence-electron chi connectivity index (χ3n) is 2.51. The van der Waals surface area contributed by atoms with E-state index in [2.05, 4.69) is 15.9 Å². The van der Waals surface area contributed by atoms with Gasteiger partial charge in [0.2, 0.25) is 0 Å². The highest BCUT2D eigenvalue weighted by Crippen LogP contribution is 2.29. The zero-order valence-electron chi connectivity index (χ0n) is 9.41. The Morgan fingerprint density at radius 1 is 1.56 bits per heavy atom. The van der Waals surface area contributed by atoms with E-state index in [4.69, 9.17) is 10.5 Å². The molecule has 0 radical (unpaired) electrons. The van der Waals surface area contributed by atoms with Crippen LogP contribution in [0.15, 0.2) is 20.1 Å². The summed E-state index contributed by atoms with van der Waals surface area (Å²) >= 11 is 4.48. The second-order valence-corrected chi connectivity index (χ2v) is 8.28. The number of hydrogen-bond acceptors (Lipinski definition) is 5. The maximum Gasteiger partial charge on any atom is 0.252 e. The molecular weight excluding hydrogens is 364 g/mol. The number of nitrogens with two attached hydrogens (primary N) is 1. The Bertz CT molecular complexity index is 494. The van der Waals surface area contributed by atoms with E-state index in [0.717, 1.165) is 3.79 Å². The van der Waals surface area contributed by atoms with E-state index < -0.39 is 10.0 Å². The van der Waals surface area contributed by atoms with Crippen LogP contribution in [0.2, 0.25) is 0 Å². The summed E-state index contributed by atoms with van der Waals surface area (Å²) in [7, 11) is -3.40. The molecule has 2 rings (SSSR count). The molecule has 1 saturated heterocycles. The minimum absolute atomic E-state index is 0. The molecule has 1 aromatic rings. The molecular formula is C9H14BrClN2O3S2. The summed E-state index contributed by atoms with van der Waals surface area (Å²) in [5.41, 5.74) is 5.50. The molecule has 0 aliphatic carbocycles. The van der Waals surface area contributed by atoms with Crippen LogP contribution < -0.4 is 5.73 Å². The number of nitrogens with zero attached hydrogens (tertiary/aromatic N) is 1. The van der Waals surface area contributed by atoms with E-state index in [-0.39, 0.29) is 18.5 Å². The summed E-state index contributed by atoms with van der Waals surface area (Å²) in [6.07, 6.45) is -0.207. The van der Waals surface area contributed by atoms with Crippen molar-refractivity contribution in [2.24, 2.45) is 5.73 Å². The molecule has 1 aromatic heterocycles. The van der Waals surface area contributed by atoms with E-state index in [9.17, 15) is 8.42 Å². The largest absolute Gasteiger partial charge is 0.374 e. The molecule has 0 aromatic carbocycles. The van der Waals surface area contributed by atoms with Crippen LogP contribution in [-0.4, -0.2) is 45.1 Å². The molecule has 0 spiro atoms. The van der Waals surface area contributed by atoms with Crippen molar-refractivity contribution in [3.63, 3.8) is 0 Å². The molecule has 104 valence electrons. The standard InChI is InChI=1S/C9H13BrN2O3S2.ClH/c10-8-1-2-9(16-8)17(13,14)12-3-4-15-7(5-11)6-12;/h1-2,7H,3-6,11H2;1H. The summed E-state index contributed by atoms with van der Waals surface area (Å²) in [6, 6.07) is 3.34. The van der Waals surface area contributed by atoms with Gasteiger partial charge in [0.05, 0.1) is 16.5 Å². The topological polar surface area (TPSA) is 72.6 Å². The maximum atomic E-state index is 12.3. The first kappa shape index (κ1) is 16.4. The van der Waals surface area contributed by atoms with Crippen LogP contribution in [0.3, 0.4) is 0 Å². The molecule has 0 amide bonds. The first-order valence-electron chi connectivity index (χ1n) is 5.11. The zero-order chi connectivity index (χ0) is 12.5. The number of thiophene rings is 1. The van der Waals surface area contributed by atoms with Crippen molar-refractivity contribution in [3.8, 4) is 0 Å². The van der Waals surface area contributed by atoms with Crippen molar-refractivity contribution < 1.29 is 13.2 Å². The summed E-state index contributed by atoms with van der Waals surface area (Å²) in [6.45, 7) is 1.44. The lowest BCUT2D eigenvalue weighted by Crippen LogP contribution is -2.47. The smallest absolute Gasteiger partial charge is 0.252 e. The second kappa shape index (κ2) is 6.65. The van der Waals surface area contributed by atoms with Gasteiger partial charge in [-0.3, -0.25) is 0 Å². The van der Waals surface area contributed by atoms with E-state index >= 15 is 0 Å². The van der Waals surface area contributed by atoms with Gasteiger partial charge in [-0.1, -0.05) is 0 Å². The molecule has 2 heterocycles. The average Bonchev–Trinajstić information content (AvgIpc) is 2.76. The van der Waals surface area contributed by atoms with Gasteiger partial charge in [-0.25, -0.2) is 8.42 Å². The predicted octanol–water partition coefficient (Wildman–Crippen LogP) is 1.28. The molecule has 2 N–H and O–H groups in total. The Balaban J connectivity index is 0.00000162. The van der Waals surface area contributed by atoms with Crippen molar-refractivity contribution in [1.29, 1.82) is 0 Å². The molecule has 18 heavy (non-hydrogen) atoms. The zero-order valence-corrected chi connectivity index (χ0v) is 13.4. The van der Waals surface area contributed by atoms with Crippen LogP contribution in [0, 0.1) is 0 Å². The Morgan fingerprint density at radius 2 is 2.28 bits per heavy atom. The van der Waals surface area contributed by atoms with Crippen molar-refractivity contribution in [2.75, 3.05) is 26.2 Å². The Morgan fingerprint density at radius 3 is 2.83 bits per heavy atom. The number of morpholine rings is 1. The van der Waals surface area contributed by atoms with Gasteiger partial charge in [-0.2, -0.15) is 4.31 Å². The highest BCUT2D eigenvalue weighted by atomic mass is 79.9. The summed E-state index contributed by atoms with van der Waals surface area (Å²) in [5.74, 6) is 0. The van der Waals surface area contributed by atoms with Crippen molar-refractivity contribution in [1.82, 2.24) is 4.31 Å².